The minimum absolute atomic E-state index is 0.0937. The number of hydrogen-bond acceptors (Lipinski definition) is 7. The Bertz CT molecular complexity index is 1320. The number of pyridine rings is 1. The van der Waals surface area contributed by atoms with Gasteiger partial charge in [0, 0.05) is 12.7 Å². The molecule has 0 N–H and O–H groups in total. The summed E-state index contributed by atoms with van der Waals surface area (Å²) in [5.74, 6) is 1.60. The standard InChI is InChI=1S/C25H25N7O/c26-15-17-8-10-18(11-9-17)20-16-28-23-24(29-20)32(22-7-1-2-14-33-22)30-25(23)31-13-4-5-19-21(31)6-3-12-27-19/h3,6-7,10,12,16-17H,1-2,4-5,8-9,11,13-14H2. The van der Waals surface area contributed by atoms with Gasteiger partial charge in [0.15, 0.2) is 17.0 Å². The van der Waals surface area contributed by atoms with E-state index in [1.54, 1.807) is 0 Å². The van der Waals surface area contributed by atoms with Crippen molar-refractivity contribution < 1.29 is 4.74 Å². The number of nitriles is 1. The first-order valence-electron chi connectivity index (χ1n) is 11.7. The van der Waals surface area contributed by atoms with Gasteiger partial charge in [-0.05, 0) is 68.7 Å². The molecule has 33 heavy (non-hydrogen) atoms. The van der Waals surface area contributed by atoms with Gasteiger partial charge in [-0.3, -0.25) is 4.98 Å². The van der Waals surface area contributed by atoms with Gasteiger partial charge in [0.05, 0.1) is 41.9 Å². The van der Waals surface area contributed by atoms with E-state index in [-0.39, 0.29) is 5.92 Å². The number of aryl methyl sites for hydroxylation is 1. The van der Waals surface area contributed by atoms with Crippen LogP contribution in [0.2, 0.25) is 0 Å². The predicted octanol–water partition coefficient (Wildman–Crippen LogP) is 4.62. The molecule has 8 heteroatoms. The molecule has 1 atom stereocenters. The van der Waals surface area contributed by atoms with E-state index >= 15 is 0 Å². The van der Waals surface area contributed by atoms with E-state index in [4.69, 9.17) is 19.8 Å². The number of nitrogens with zero attached hydrogens (tertiary/aromatic N) is 7. The van der Waals surface area contributed by atoms with Crippen molar-refractivity contribution in [1.29, 1.82) is 5.26 Å². The molecule has 0 saturated heterocycles. The zero-order valence-corrected chi connectivity index (χ0v) is 18.4. The highest BCUT2D eigenvalue weighted by atomic mass is 16.5. The monoisotopic (exact) mass is 439 g/mol. The summed E-state index contributed by atoms with van der Waals surface area (Å²) in [7, 11) is 0. The third-order valence-electron chi connectivity index (χ3n) is 6.62. The van der Waals surface area contributed by atoms with Crippen molar-refractivity contribution in [2.75, 3.05) is 18.1 Å². The molecule has 3 aliphatic rings. The molecule has 6 rings (SSSR count). The van der Waals surface area contributed by atoms with Crippen LogP contribution < -0.4 is 4.90 Å². The topological polar surface area (TPSA) is 92.8 Å². The largest absolute Gasteiger partial charge is 0.478 e. The van der Waals surface area contributed by atoms with Crippen LogP contribution in [0.25, 0.3) is 22.6 Å². The van der Waals surface area contributed by atoms with Crippen molar-refractivity contribution in [1.82, 2.24) is 24.7 Å². The second-order valence-electron chi connectivity index (χ2n) is 8.75. The summed E-state index contributed by atoms with van der Waals surface area (Å²) in [5, 5.41) is 14.2. The van der Waals surface area contributed by atoms with Crippen molar-refractivity contribution in [3.8, 4) is 6.07 Å². The summed E-state index contributed by atoms with van der Waals surface area (Å²) in [6.45, 7) is 1.53. The molecular formula is C25H25N7O. The molecule has 3 aromatic rings. The number of allylic oxidation sites excluding steroid dienone is 3. The van der Waals surface area contributed by atoms with Gasteiger partial charge in [-0.15, -0.1) is 5.10 Å². The molecule has 1 unspecified atom stereocenters. The highest BCUT2D eigenvalue weighted by Gasteiger charge is 2.27. The number of hydrogen-bond donors (Lipinski definition) is 0. The molecular weight excluding hydrogens is 414 g/mol. The first kappa shape index (κ1) is 19.9. The summed E-state index contributed by atoms with van der Waals surface area (Å²) in [6, 6.07) is 6.45. The number of rotatable bonds is 3. The first-order valence-corrected chi connectivity index (χ1v) is 11.7. The molecule has 0 fully saturated rings. The zero-order chi connectivity index (χ0) is 22.2. The molecule has 5 heterocycles. The normalized spacial score (nSPS) is 20.5. The second-order valence-corrected chi connectivity index (χ2v) is 8.75. The summed E-state index contributed by atoms with van der Waals surface area (Å²) in [4.78, 5) is 16.7. The molecule has 0 amide bonds. The van der Waals surface area contributed by atoms with Crippen LogP contribution in [-0.2, 0) is 11.2 Å². The lowest BCUT2D eigenvalue weighted by molar-refractivity contribution is 0.237. The predicted molar refractivity (Wildman–Crippen MR) is 125 cm³/mol. The number of fused-ring (bicyclic) bond motifs is 2. The SMILES string of the molecule is N#CC1CC=C(c2cnc3c(N4CCCc5ncccc54)nn(C4=CCCCO4)c3n2)CC1. The third-order valence-corrected chi connectivity index (χ3v) is 6.62. The van der Waals surface area contributed by atoms with Crippen LogP contribution in [0.15, 0.2) is 36.7 Å². The minimum atomic E-state index is 0.0937. The lowest BCUT2D eigenvalue weighted by atomic mass is 9.89. The molecule has 3 aromatic heterocycles. The fraction of sp³-hybridized carbons (Fsp3) is 0.400. The van der Waals surface area contributed by atoms with Gasteiger partial charge in [-0.25, -0.2) is 9.97 Å². The van der Waals surface area contributed by atoms with Gasteiger partial charge in [0.2, 0.25) is 5.88 Å². The molecule has 0 bridgehead atoms. The molecule has 0 spiro atoms. The molecule has 2 aliphatic heterocycles. The van der Waals surface area contributed by atoms with E-state index in [0.29, 0.717) is 12.3 Å². The van der Waals surface area contributed by atoms with E-state index in [9.17, 15) is 5.26 Å². The van der Waals surface area contributed by atoms with Crippen LogP contribution in [0.4, 0.5) is 11.5 Å². The van der Waals surface area contributed by atoms with Crippen LogP contribution in [0, 0.1) is 17.2 Å². The Kier molecular flexibility index (Phi) is 5.02. The highest BCUT2D eigenvalue weighted by molar-refractivity contribution is 5.89. The summed E-state index contributed by atoms with van der Waals surface area (Å²) < 4.78 is 7.78. The third kappa shape index (κ3) is 3.54. The van der Waals surface area contributed by atoms with Gasteiger partial charge < -0.3 is 9.64 Å². The second kappa shape index (κ2) is 8.32. The van der Waals surface area contributed by atoms with Crippen LogP contribution >= 0.6 is 0 Å². The van der Waals surface area contributed by atoms with Crippen LogP contribution in [0.1, 0.15) is 49.9 Å². The smallest absolute Gasteiger partial charge is 0.212 e. The minimum Gasteiger partial charge on any atom is -0.478 e. The Morgan fingerprint density at radius 3 is 2.94 bits per heavy atom. The van der Waals surface area contributed by atoms with Crippen molar-refractivity contribution in [2.24, 2.45) is 5.92 Å². The van der Waals surface area contributed by atoms with Gasteiger partial charge in [0.1, 0.15) is 0 Å². The lowest BCUT2D eigenvalue weighted by Gasteiger charge is -2.28. The fourth-order valence-corrected chi connectivity index (χ4v) is 4.85. The molecule has 0 radical (unpaired) electrons. The average molecular weight is 440 g/mol. The average Bonchev–Trinajstić information content (AvgIpc) is 3.27. The van der Waals surface area contributed by atoms with Crippen molar-refractivity contribution >= 4 is 34.1 Å². The maximum Gasteiger partial charge on any atom is 0.212 e. The molecule has 1 aliphatic carbocycles. The Morgan fingerprint density at radius 1 is 1.15 bits per heavy atom. The molecule has 0 aromatic carbocycles. The number of ether oxygens (including phenoxy) is 1. The van der Waals surface area contributed by atoms with E-state index < -0.39 is 0 Å². The van der Waals surface area contributed by atoms with Gasteiger partial charge in [-0.2, -0.15) is 9.94 Å². The van der Waals surface area contributed by atoms with Crippen LogP contribution in [-0.4, -0.2) is 37.9 Å². The Labute approximate surface area is 192 Å². The molecule has 8 nitrogen and oxygen atoms in total. The highest BCUT2D eigenvalue weighted by Crippen LogP contribution is 2.37. The van der Waals surface area contributed by atoms with Crippen LogP contribution in [0.3, 0.4) is 0 Å². The number of aromatic nitrogens is 5. The maximum absolute atomic E-state index is 9.22. The van der Waals surface area contributed by atoms with Crippen molar-refractivity contribution in [3.05, 3.63) is 48.1 Å². The van der Waals surface area contributed by atoms with Gasteiger partial charge >= 0.3 is 0 Å². The molecule has 166 valence electrons. The van der Waals surface area contributed by atoms with E-state index in [1.807, 2.05) is 23.1 Å². The van der Waals surface area contributed by atoms with Gasteiger partial charge in [0.25, 0.3) is 0 Å². The Morgan fingerprint density at radius 2 is 2.12 bits per heavy atom. The fourth-order valence-electron chi connectivity index (χ4n) is 4.85. The van der Waals surface area contributed by atoms with Crippen LogP contribution in [0.5, 0.6) is 0 Å². The van der Waals surface area contributed by atoms with Crippen molar-refractivity contribution in [2.45, 2.75) is 44.9 Å². The van der Waals surface area contributed by atoms with E-state index in [2.05, 4.69) is 34.2 Å². The maximum atomic E-state index is 9.22. The summed E-state index contributed by atoms with van der Waals surface area (Å²) in [6.07, 6.45) is 14.3. The van der Waals surface area contributed by atoms with Gasteiger partial charge in [-0.1, -0.05) is 6.08 Å². The Hall–Kier alpha value is -3.73. The number of anilines is 2. The lowest BCUT2D eigenvalue weighted by Crippen LogP contribution is -2.26. The quantitative estimate of drug-likeness (QED) is 0.588. The first-order chi connectivity index (χ1) is 16.3. The summed E-state index contributed by atoms with van der Waals surface area (Å²) in [5.41, 5.74) is 5.63. The molecule has 0 saturated carbocycles. The summed E-state index contributed by atoms with van der Waals surface area (Å²) >= 11 is 0. The van der Waals surface area contributed by atoms with Crippen molar-refractivity contribution in [3.63, 3.8) is 0 Å². The van der Waals surface area contributed by atoms with E-state index in [1.165, 1.54) is 0 Å². The Balaban J connectivity index is 1.49. The van der Waals surface area contributed by atoms with E-state index in [0.717, 1.165) is 91.4 Å². The zero-order valence-electron chi connectivity index (χ0n) is 18.4.